The van der Waals surface area contributed by atoms with E-state index in [2.05, 4.69) is 69.5 Å². The normalized spacial score (nSPS) is 13.2. The van der Waals surface area contributed by atoms with E-state index in [0.29, 0.717) is 6.04 Å². The second kappa shape index (κ2) is 35.3. The van der Waals surface area contributed by atoms with Crippen LogP contribution in [0.25, 0.3) is 0 Å². The van der Waals surface area contributed by atoms with Gasteiger partial charge in [-0.15, -0.1) is 0 Å². The number of aryl methyl sites for hydroxylation is 1. The Labute approximate surface area is 317 Å². The van der Waals surface area contributed by atoms with E-state index in [0.717, 1.165) is 17.8 Å². The Balaban J connectivity index is 2.41. The molecule has 50 heavy (non-hydrogen) atoms. The number of imidazole rings is 1. The van der Waals surface area contributed by atoms with Gasteiger partial charge in [0.05, 0.1) is 7.05 Å². The molecule has 296 valence electrons. The zero-order valence-electron chi connectivity index (χ0n) is 35.7. The lowest BCUT2D eigenvalue weighted by Crippen LogP contribution is -2.24. The smallest absolute Gasteiger partial charge is 0.240 e. The van der Waals surface area contributed by atoms with Crippen LogP contribution in [0, 0.1) is 17.8 Å². The maximum Gasteiger partial charge on any atom is 0.243 e. The fourth-order valence-corrected chi connectivity index (χ4v) is 8.42. The zero-order valence-corrected chi connectivity index (χ0v) is 35.7. The third-order valence-electron chi connectivity index (χ3n) is 12.0. The van der Waals surface area contributed by atoms with Crippen molar-refractivity contribution in [2.45, 2.75) is 265 Å². The molecule has 0 N–H and O–H groups in total. The Bertz CT molecular complexity index is 768. The molecule has 0 fully saturated rings. The minimum atomic E-state index is 0.676. The highest BCUT2D eigenvalue weighted by Crippen LogP contribution is 2.29. The first-order chi connectivity index (χ1) is 24.5. The van der Waals surface area contributed by atoms with Crippen molar-refractivity contribution >= 4 is 0 Å². The molecular formula is C48H95N2+. The fourth-order valence-electron chi connectivity index (χ4n) is 8.42. The average Bonchev–Trinajstić information content (AvgIpc) is 3.54. The zero-order chi connectivity index (χ0) is 36.3. The third-order valence-corrected chi connectivity index (χ3v) is 12.0. The van der Waals surface area contributed by atoms with Crippen molar-refractivity contribution in [3.8, 4) is 0 Å². The summed E-state index contributed by atoms with van der Waals surface area (Å²) in [5.41, 5.74) is 0. The maximum absolute atomic E-state index is 2.54. The van der Waals surface area contributed by atoms with Crippen molar-refractivity contribution in [1.82, 2.24) is 4.57 Å². The first kappa shape index (κ1) is 47.2. The van der Waals surface area contributed by atoms with E-state index in [4.69, 9.17) is 0 Å². The highest BCUT2D eigenvalue weighted by molar-refractivity contribution is 4.77. The quantitative estimate of drug-likeness (QED) is 0.0478. The molecular weight excluding hydrogens is 605 g/mol. The summed E-state index contributed by atoms with van der Waals surface area (Å²) in [4.78, 5) is 0. The van der Waals surface area contributed by atoms with Crippen LogP contribution >= 0.6 is 0 Å². The van der Waals surface area contributed by atoms with E-state index in [-0.39, 0.29) is 0 Å². The molecule has 0 aromatic carbocycles. The molecule has 0 radical (unpaired) electrons. The van der Waals surface area contributed by atoms with Crippen molar-refractivity contribution in [3.05, 3.63) is 18.7 Å². The van der Waals surface area contributed by atoms with Crippen LogP contribution in [0.4, 0.5) is 0 Å². The van der Waals surface area contributed by atoms with Gasteiger partial charge in [-0.05, 0) is 43.4 Å². The first-order valence-electron chi connectivity index (χ1n) is 23.5. The molecule has 1 aromatic heterocycles. The van der Waals surface area contributed by atoms with Crippen LogP contribution in [-0.4, -0.2) is 4.57 Å². The van der Waals surface area contributed by atoms with Crippen LogP contribution < -0.4 is 4.57 Å². The van der Waals surface area contributed by atoms with Gasteiger partial charge in [-0.25, -0.2) is 9.13 Å². The van der Waals surface area contributed by atoms with Crippen LogP contribution in [0.5, 0.6) is 0 Å². The van der Waals surface area contributed by atoms with E-state index >= 15 is 0 Å². The highest BCUT2D eigenvalue weighted by Gasteiger charge is 2.18. The van der Waals surface area contributed by atoms with Crippen molar-refractivity contribution in [2.24, 2.45) is 24.8 Å². The summed E-state index contributed by atoms with van der Waals surface area (Å²) in [6, 6.07) is 0.676. The van der Waals surface area contributed by atoms with Crippen LogP contribution in [0.15, 0.2) is 18.7 Å². The maximum atomic E-state index is 2.54. The number of rotatable bonds is 39. The largest absolute Gasteiger partial charge is 0.243 e. The molecule has 2 heteroatoms. The van der Waals surface area contributed by atoms with Gasteiger partial charge in [0, 0.05) is 0 Å². The number of nitrogens with zero attached hydrogens (tertiary/aromatic N) is 2. The number of hydrogen-bond acceptors (Lipinski definition) is 0. The van der Waals surface area contributed by atoms with Crippen molar-refractivity contribution in [2.75, 3.05) is 0 Å². The average molecular weight is 700 g/mol. The summed E-state index contributed by atoms with van der Waals surface area (Å²) in [6.07, 6.45) is 57.6. The van der Waals surface area contributed by atoms with E-state index in [1.807, 2.05) is 0 Å². The molecule has 2 atom stereocenters. The Morgan fingerprint density at radius 2 is 0.820 bits per heavy atom. The lowest BCUT2D eigenvalue weighted by molar-refractivity contribution is -0.671. The topological polar surface area (TPSA) is 8.81 Å². The molecule has 0 spiro atoms. The van der Waals surface area contributed by atoms with Crippen molar-refractivity contribution < 1.29 is 4.57 Å². The summed E-state index contributed by atoms with van der Waals surface area (Å²) in [7, 11) is 2.18. The van der Waals surface area contributed by atoms with Gasteiger partial charge < -0.3 is 0 Å². The molecule has 1 aromatic rings. The number of hydrogen-bond donors (Lipinski definition) is 0. The molecule has 0 saturated heterocycles. The molecule has 0 aliphatic carbocycles. The summed E-state index contributed by atoms with van der Waals surface area (Å²) < 4.78 is 4.77. The Morgan fingerprint density at radius 3 is 1.22 bits per heavy atom. The van der Waals surface area contributed by atoms with Crippen LogP contribution in [0.2, 0.25) is 0 Å². The van der Waals surface area contributed by atoms with Gasteiger partial charge >= 0.3 is 0 Å². The van der Waals surface area contributed by atoms with Crippen LogP contribution in [-0.2, 0) is 7.05 Å². The predicted octanol–water partition coefficient (Wildman–Crippen LogP) is 16.5. The Hall–Kier alpha value is -0.790. The van der Waals surface area contributed by atoms with Gasteiger partial charge in [0.2, 0.25) is 6.33 Å². The third kappa shape index (κ3) is 29.8. The van der Waals surface area contributed by atoms with Crippen molar-refractivity contribution in [3.63, 3.8) is 0 Å². The van der Waals surface area contributed by atoms with E-state index < -0.39 is 0 Å². The molecule has 2 nitrogen and oxygen atoms in total. The van der Waals surface area contributed by atoms with Gasteiger partial charge in [-0.3, -0.25) is 0 Å². The highest BCUT2D eigenvalue weighted by atomic mass is 15.1. The summed E-state index contributed by atoms with van der Waals surface area (Å²) in [5.74, 6) is 2.68. The Kier molecular flexibility index (Phi) is 33.3. The van der Waals surface area contributed by atoms with Gasteiger partial charge in [0.15, 0.2) is 0 Å². The van der Waals surface area contributed by atoms with Crippen LogP contribution in [0.1, 0.15) is 265 Å². The Morgan fingerprint density at radius 1 is 0.420 bits per heavy atom. The predicted molar refractivity (Wildman–Crippen MR) is 225 cm³/mol. The second-order valence-electron chi connectivity index (χ2n) is 17.7. The van der Waals surface area contributed by atoms with Crippen LogP contribution in [0.3, 0.4) is 0 Å². The standard InChI is InChI=1S/C48H95N2/c1-7-9-11-13-15-17-19-21-23-25-27-29-36-47(37-30-28-26-24-22-20-18-16-14-12-10-8-2)38-31-32-39-48(50-43-42-49(6)44-50)41-40-46(5)35-33-34-45(3)4/h42-48H,7-41H2,1-6H3/q+1. The summed E-state index contributed by atoms with van der Waals surface area (Å²) in [6.45, 7) is 11.9. The molecule has 0 aliphatic heterocycles. The monoisotopic (exact) mass is 700 g/mol. The summed E-state index contributed by atoms with van der Waals surface area (Å²) >= 11 is 0. The molecule has 0 aliphatic rings. The van der Waals surface area contributed by atoms with Gasteiger partial charge in [-0.1, -0.05) is 234 Å². The second-order valence-corrected chi connectivity index (χ2v) is 17.7. The van der Waals surface area contributed by atoms with Gasteiger partial charge in [-0.2, -0.15) is 0 Å². The van der Waals surface area contributed by atoms with E-state index in [1.165, 1.54) is 225 Å². The number of unbranched alkanes of at least 4 members (excludes halogenated alkanes) is 23. The molecule has 0 bridgehead atoms. The minimum Gasteiger partial charge on any atom is -0.240 e. The van der Waals surface area contributed by atoms with Crippen molar-refractivity contribution in [1.29, 1.82) is 0 Å². The lowest BCUT2D eigenvalue weighted by atomic mass is 9.88. The van der Waals surface area contributed by atoms with Gasteiger partial charge in [0.25, 0.3) is 0 Å². The minimum absolute atomic E-state index is 0.676. The van der Waals surface area contributed by atoms with E-state index in [1.54, 1.807) is 0 Å². The number of aromatic nitrogens is 2. The van der Waals surface area contributed by atoms with E-state index in [9.17, 15) is 0 Å². The molecule has 0 saturated carbocycles. The first-order valence-corrected chi connectivity index (χ1v) is 23.5. The van der Waals surface area contributed by atoms with Gasteiger partial charge in [0.1, 0.15) is 18.4 Å². The molecule has 2 unspecified atom stereocenters. The molecule has 1 rings (SSSR count). The lowest BCUT2D eigenvalue weighted by Gasteiger charge is -2.19. The SMILES string of the molecule is CCCCCCCCCCCCCCC(CCCCCCCCCCCCCC)CCCCC(CCC(C)CCCC(C)C)n1cc[n+](C)c1. The molecule has 1 heterocycles. The fraction of sp³-hybridized carbons (Fsp3) is 0.938. The summed E-state index contributed by atoms with van der Waals surface area (Å²) in [5, 5.41) is 0. The molecule has 0 amide bonds.